The number of imide groups is 2. The first kappa shape index (κ1) is 27.7. The van der Waals surface area contributed by atoms with Crippen LogP contribution < -0.4 is 5.32 Å². The van der Waals surface area contributed by atoms with Gasteiger partial charge in [0.1, 0.15) is 11.9 Å². The van der Waals surface area contributed by atoms with Crippen molar-refractivity contribution in [2.45, 2.75) is 70.2 Å². The van der Waals surface area contributed by atoms with Gasteiger partial charge in [-0.15, -0.1) is 0 Å². The number of benzene rings is 2. The summed E-state index contributed by atoms with van der Waals surface area (Å²) < 4.78 is 20.8. The highest BCUT2D eigenvalue weighted by Crippen LogP contribution is 2.31. The molecule has 4 heterocycles. The molecule has 6 rings (SSSR count). The Balaban J connectivity index is 1.08. The predicted molar refractivity (Wildman–Crippen MR) is 148 cm³/mol. The third-order valence-corrected chi connectivity index (χ3v) is 8.84. The van der Waals surface area contributed by atoms with Crippen LogP contribution in [0.15, 0.2) is 36.4 Å². The Kier molecular flexibility index (Phi) is 7.48. The lowest BCUT2D eigenvalue weighted by Gasteiger charge is -2.51. The third kappa shape index (κ3) is 5.20. The van der Waals surface area contributed by atoms with E-state index in [1.54, 1.807) is 30.3 Å². The van der Waals surface area contributed by atoms with Crippen molar-refractivity contribution >= 4 is 23.6 Å². The molecule has 1 unspecified atom stereocenters. The average Bonchev–Trinajstić information content (AvgIpc) is 3.16. The monoisotopic (exact) mass is 562 g/mol. The number of carbonyl (C=O) groups excluding carboxylic acids is 4. The van der Waals surface area contributed by atoms with Gasteiger partial charge in [0.2, 0.25) is 11.8 Å². The van der Waals surface area contributed by atoms with Crippen LogP contribution >= 0.6 is 0 Å². The number of halogens is 1. The van der Waals surface area contributed by atoms with Gasteiger partial charge in [0.05, 0.1) is 24.3 Å². The second-order valence-electron chi connectivity index (χ2n) is 11.7. The molecule has 4 amide bonds. The zero-order chi connectivity index (χ0) is 28.8. The lowest BCUT2D eigenvalue weighted by molar-refractivity contribution is -0.136. The number of aryl methyl sites for hydroxylation is 2. The fraction of sp³-hybridized carbons (Fsp3) is 0.484. The van der Waals surface area contributed by atoms with Gasteiger partial charge in [-0.25, -0.2) is 4.39 Å². The number of piperidine rings is 1. The first-order valence-electron chi connectivity index (χ1n) is 14.4. The van der Waals surface area contributed by atoms with Crippen LogP contribution in [0.5, 0.6) is 0 Å². The van der Waals surface area contributed by atoms with Gasteiger partial charge in [-0.3, -0.25) is 39.2 Å². The third-order valence-electron chi connectivity index (χ3n) is 8.84. The molecular formula is C31H35FN4O5. The molecule has 1 N–H and O–H groups in total. The van der Waals surface area contributed by atoms with Crippen LogP contribution in [-0.2, 0) is 33.7 Å². The quantitative estimate of drug-likeness (QED) is 0.517. The molecule has 10 heteroatoms. The van der Waals surface area contributed by atoms with Gasteiger partial charge in [0.25, 0.3) is 11.8 Å². The predicted octanol–water partition coefficient (Wildman–Crippen LogP) is 2.31. The molecule has 4 aliphatic heterocycles. The van der Waals surface area contributed by atoms with Crippen LogP contribution in [0.4, 0.5) is 4.39 Å². The number of nitrogens with zero attached hydrogens (tertiary/aromatic N) is 3. The van der Waals surface area contributed by atoms with Crippen molar-refractivity contribution in [2.24, 2.45) is 0 Å². The summed E-state index contributed by atoms with van der Waals surface area (Å²) in [4.78, 5) is 56.2. The molecule has 0 bridgehead atoms. The average molecular weight is 563 g/mol. The minimum absolute atomic E-state index is 0.0660. The van der Waals surface area contributed by atoms with Crippen molar-refractivity contribution in [3.05, 3.63) is 70.0 Å². The number of ether oxygens (including phenoxy) is 1. The van der Waals surface area contributed by atoms with Gasteiger partial charge >= 0.3 is 0 Å². The Morgan fingerprint density at radius 3 is 2.39 bits per heavy atom. The molecule has 9 nitrogen and oxygen atoms in total. The Morgan fingerprint density at radius 1 is 0.951 bits per heavy atom. The van der Waals surface area contributed by atoms with Crippen molar-refractivity contribution in [1.29, 1.82) is 0 Å². The van der Waals surface area contributed by atoms with E-state index in [-0.39, 0.29) is 29.8 Å². The molecule has 2 aromatic rings. The lowest BCUT2D eigenvalue weighted by Crippen LogP contribution is -2.65. The van der Waals surface area contributed by atoms with E-state index in [1.807, 2.05) is 6.07 Å². The number of fused-ring (bicyclic) bond motifs is 1. The fourth-order valence-corrected chi connectivity index (χ4v) is 6.81. The molecule has 4 aliphatic rings. The topological polar surface area (TPSA) is 99.3 Å². The highest BCUT2D eigenvalue weighted by Gasteiger charge is 2.45. The maximum atomic E-state index is 15.1. The van der Waals surface area contributed by atoms with Crippen molar-refractivity contribution in [3.63, 3.8) is 0 Å². The van der Waals surface area contributed by atoms with Crippen LogP contribution in [0.2, 0.25) is 0 Å². The smallest absolute Gasteiger partial charge is 0.262 e. The van der Waals surface area contributed by atoms with Crippen molar-refractivity contribution in [1.82, 2.24) is 20.0 Å². The number of hydrogen-bond donors (Lipinski definition) is 1. The lowest BCUT2D eigenvalue weighted by atomic mass is 9.96. The van der Waals surface area contributed by atoms with E-state index < -0.39 is 29.7 Å². The number of rotatable bonds is 7. The molecule has 3 saturated heterocycles. The van der Waals surface area contributed by atoms with E-state index in [9.17, 15) is 19.2 Å². The Hall–Kier alpha value is -3.47. The van der Waals surface area contributed by atoms with Gasteiger partial charge in [-0.05, 0) is 61.9 Å². The molecule has 0 aromatic heterocycles. The van der Waals surface area contributed by atoms with Crippen LogP contribution in [0.25, 0.3) is 0 Å². The molecule has 41 heavy (non-hydrogen) atoms. The van der Waals surface area contributed by atoms with Crippen LogP contribution in [0.1, 0.15) is 64.1 Å². The molecule has 0 saturated carbocycles. The second kappa shape index (κ2) is 11.1. The van der Waals surface area contributed by atoms with E-state index in [2.05, 4.69) is 29.0 Å². The summed E-state index contributed by atoms with van der Waals surface area (Å²) in [6.07, 6.45) is 0.898. The zero-order valence-electron chi connectivity index (χ0n) is 23.4. The van der Waals surface area contributed by atoms with E-state index >= 15 is 4.39 Å². The maximum absolute atomic E-state index is 15.1. The summed E-state index contributed by atoms with van der Waals surface area (Å²) in [7, 11) is 0. The van der Waals surface area contributed by atoms with Gasteiger partial charge in [0, 0.05) is 44.2 Å². The highest BCUT2D eigenvalue weighted by atomic mass is 19.1. The fourth-order valence-electron chi connectivity index (χ4n) is 6.81. The molecule has 0 spiro atoms. The van der Waals surface area contributed by atoms with E-state index in [0.717, 1.165) is 36.8 Å². The molecular weight excluding hydrogens is 527 g/mol. The van der Waals surface area contributed by atoms with Crippen molar-refractivity contribution in [3.8, 4) is 0 Å². The summed E-state index contributed by atoms with van der Waals surface area (Å²) in [6.45, 7) is 8.56. The first-order valence-corrected chi connectivity index (χ1v) is 14.4. The first-order chi connectivity index (χ1) is 19.7. The number of amides is 4. The number of nitrogens with one attached hydrogen (secondary N) is 1. The molecule has 0 radical (unpaired) electrons. The van der Waals surface area contributed by atoms with E-state index in [1.165, 1.54) is 0 Å². The number of likely N-dealkylation sites (tertiary alicyclic amines) is 1. The second-order valence-corrected chi connectivity index (χ2v) is 11.7. The molecule has 3 fully saturated rings. The summed E-state index contributed by atoms with van der Waals surface area (Å²) in [5.41, 5.74) is 2.60. The van der Waals surface area contributed by atoms with Gasteiger partial charge in [0.15, 0.2) is 0 Å². The summed E-state index contributed by atoms with van der Waals surface area (Å²) in [5, 5.41) is 2.21. The SMILES string of the molecule is C[C@@H]1COC[C@H](C)N1C1CN(Cc2ccc(CCc3cccc4c3C(=O)N(C3CCC(=O)NC3=O)C4=O)c(F)c2)C1. The van der Waals surface area contributed by atoms with E-state index in [4.69, 9.17) is 4.74 Å². The largest absolute Gasteiger partial charge is 0.378 e. The molecule has 216 valence electrons. The molecule has 3 atom stereocenters. The number of carbonyl (C=O) groups is 4. The van der Waals surface area contributed by atoms with Gasteiger partial charge in [-0.2, -0.15) is 0 Å². The number of hydrogen-bond acceptors (Lipinski definition) is 7. The van der Waals surface area contributed by atoms with Crippen molar-refractivity contribution in [2.75, 3.05) is 26.3 Å². The minimum atomic E-state index is -1.01. The van der Waals surface area contributed by atoms with Crippen LogP contribution in [0, 0.1) is 5.82 Å². The highest BCUT2D eigenvalue weighted by molar-refractivity contribution is 6.24. The van der Waals surface area contributed by atoms with Gasteiger partial charge < -0.3 is 4.74 Å². The summed E-state index contributed by atoms with van der Waals surface area (Å²) >= 11 is 0. The van der Waals surface area contributed by atoms with Crippen LogP contribution in [-0.4, -0.2) is 88.8 Å². The molecule has 2 aromatic carbocycles. The number of morpholine rings is 1. The zero-order valence-corrected chi connectivity index (χ0v) is 23.4. The minimum Gasteiger partial charge on any atom is -0.378 e. The van der Waals surface area contributed by atoms with Gasteiger partial charge in [-0.1, -0.05) is 24.3 Å². The Labute approximate surface area is 238 Å². The molecule has 0 aliphatic carbocycles. The normalized spacial score (nSPS) is 25.8. The maximum Gasteiger partial charge on any atom is 0.262 e. The standard InChI is InChI=1S/C31H35FN4O5/c1-18-16-41-17-19(2)35(18)23-14-34(15-23)13-20-6-7-21(25(32)12-20)8-9-22-4-3-5-24-28(22)31(40)36(30(24)39)26-10-11-27(37)33-29(26)38/h3-7,12,18-19,23,26H,8-11,13-17H2,1-2H3,(H,33,37,38)/t18-,19+,26?. The van der Waals surface area contributed by atoms with E-state index in [0.29, 0.717) is 48.6 Å². The van der Waals surface area contributed by atoms with Crippen molar-refractivity contribution < 1.29 is 28.3 Å². The Bertz CT molecular complexity index is 1400. The van der Waals surface area contributed by atoms with Crippen LogP contribution in [0.3, 0.4) is 0 Å². The summed E-state index contributed by atoms with van der Waals surface area (Å²) in [5.74, 6) is -2.42. The summed E-state index contributed by atoms with van der Waals surface area (Å²) in [6, 6.07) is 10.7. The Morgan fingerprint density at radius 2 is 1.68 bits per heavy atom.